The van der Waals surface area contributed by atoms with Crippen LogP contribution in [0.1, 0.15) is 57.1 Å². The second kappa shape index (κ2) is 14.8. The topological polar surface area (TPSA) is 170 Å². The van der Waals surface area contributed by atoms with Crippen LogP contribution in [0.25, 0.3) is 11.1 Å². The molecule has 0 aliphatic heterocycles. The second-order valence-electron chi connectivity index (χ2n) is 10.1. The fourth-order valence-electron chi connectivity index (χ4n) is 4.80. The van der Waals surface area contributed by atoms with Gasteiger partial charge < -0.3 is 20.1 Å². The van der Waals surface area contributed by atoms with Crippen molar-refractivity contribution in [3.63, 3.8) is 0 Å². The summed E-state index contributed by atoms with van der Waals surface area (Å²) in [6.45, 7) is 5.37. The van der Waals surface area contributed by atoms with Gasteiger partial charge in [0.15, 0.2) is 5.78 Å². The minimum atomic E-state index is -1.93. The summed E-state index contributed by atoms with van der Waals surface area (Å²) in [6, 6.07) is 13.5. The maximum atomic E-state index is 13.2. The standard InChI is InChI=1S/C29H34N4O8/c1-4-40-28(36)23(13-14-25(34)26(32-38)33-39)30-27(35)24(15-17(2)3)31-29(37)41-16-22-20-11-7-5-9-18(20)19-10-6-8-12-21(19)22/h5-12,17,22-24,26H,4,13-16H2,1-3H3,(H,30,35)(H,31,37). The number of benzene rings is 2. The molecule has 0 heterocycles. The van der Waals surface area contributed by atoms with Gasteiger partial charge in [0, 0.05) is 12.3 Å². The van der Waals surface area contributed by atoms with Gasteiger partial charge in [-0.25, -0.2) is 9.59 Å². The van der Waals surface area contributed by atoms with E-state index in [9.17, 15) is 29.0 Å². The molecule has 41 heavy (non-hydrogen) atoms. The first-order chi connectivity index (χ1) is 19.7. The highest BCUT2D eigenvalue weighted by Crippen LogP contribution is 2.44. The molecule has 2 aromatic rings. The highest BCUT2D eigenvalue weighted by molar-refractivity contribution is 5.90. The minimum Gasteiger partial charge on any atom is -0.464 e. The van der Waals surface area contributed by atoms with Crippen LogP contribution >= 0.6 is 0 Å². The zero-order valence-electron chi connectivity index (χ0n) is 23.2. The quantitative estimate of drug-likeness (QED) is 0.239. The molecule has 0 saturated carbocycles. The number of hydrogen-bond acceptors (Lipinski definition) is 10. The van der Waals surface area contributed by atoms with E-state index in [-0.39, 0.29) is 37.9 Å². The lowest BCUT2D eigenvalue weighted by Gasteiger charge is -2.24. The second-order valence-corrected chi connectivity index (χ2v) is 10.1. The highest BCUT2D eigenvalue weighted by Gasteiger charge is 2.32. The number of Topliss-reactive ketones (excluding diaryl/α,β-unsaturated/α-hetero) is 1. The van der Waals surface area contributed by atoms with Crippen molar-refractivity contribution in [3.8, 4) is 11.1 Å². The van der Waals surface area contributed by atoms with Crippen molar-refractivity contribution >= 4 is 23.8 Å². The van der Waals surface area contributed by atoms with Crippen LogP contribution in [-0.4, -0.2) is 55.2 Å². The molecule has 12 heteroatoms. The van der Waals surface area contributed by atoms with E-state index in [0.29, 0.717) is 0 Å². The van der Waals surface area contributed by atoms with Crippen LogP contribution in [0.3, 0.4) is 0 Å². The Morgan fingerprint density at radius 3 is 1.98 bits per heavy atom. The summed E-state index contributed by atoms with van der Waals surface area (Å²) >= 11 is 0. The van der Waals surface area contributed by atoms with Gasteiger partial charge in [-0.05, 0) is 58.3 Å². The first kappa shape index (κ1) is 31.1. The number of ketones is 1. The summed E-state index contributed by atoms with van der Waals surface area (Å²) in [5.74, 6) is -2.57. The highest BCUT2D eigenvalue weighted by atomic mass is 16.5. The summed E-state index contributed by atoms with van der Waals surface area (Å²) in [4.78, 5) is 71.8. The van der Waals surface area contributed by atoms with Crippen LogP contribution < -0.4 is 10.6 Å². The van der Waals surface area contributed by atoms with Crippen molar-refractivity contribution in [2.45, 2.75) is 64.2 Å². The SMILES string of the molecule is CCOC(=O)C(CCC(=O)C(N=O)N=O)NC(=O)C(CC(C)C)NC(=O)OCC1c2ccccc2-c2ccccc21. The zero-order chi connectivity index (χ0) is 29.9. The minimum absolute atomic E-state index is 0.0136. The van der Waals surface area contributed by atoms with E-state index in [1.165, 1.54) is 0 Å². The number of fused-ring (bicyclic) bond motifs is 3. The Bertz CT molecular complexity index is 1230. The number of rotatable bonds is 15. The van der Waals surface area contributed by atoms with Crippen LogP contribution in [0.5, 0.6) is 0 Å². The number of nitrogens with one attached hydrogen (secondary N) is 2. The predicted octanol–water partition coefficient (Wildman–Crippen LogP) is 4.20. The molecule has 0 fully saturated rings. The first-order valence-corrected chi connectivity index (χ1v) is 13.5. The Kier molecular flexibility index (Phi) is 11.2. The van der Waals surface area contributed by atoms with Gasteiger partial charge in [0.25, 0.3) is 6.17 Å². The molecule has 0 bridgehead atoms. The Morgan fingerprint density at radius 2 is 1.44 bits per heavy atom. The lowest BCUT2D eigenvalue weighted by atomic mass is 9.98. The molecule has 0 saturated heterocycles. The number of nitrogens with zero attached hydrogens (tertiary/aromatic N) is 2. The average Bonchev–Trinajstić information content (AvgIpc) is 3.27. The Morgan fingerprint density at radius 1 is 0.854 bits per heavy atom. The third kappa shape index (κ3) is 8.03. The van der Waals surface area contributed by atoms with Crippen LogP contribution in [0.2, 0.25) is 0 Å². The Hall–Kier alpha value is -4.48. The Balaban J connectivity index is 1.67. The number of alkyl carbamates (subject to hydrolysis) is 1. The molecule has 2 amide bonds. The third-order valence-corrected chi connectivity index (χ3v) is 6.71. The summed E-state index contributed by atoms with van der Waals surface area (Å²) in [5.41, 5.74) is 4.25. The number of carbonyl (C=O) groups excluding carboxylic acids is 4. The molecule has 12 nitrogen and oxygen atoms in total. The monoisotopic (exact) mass is 566 g/mol. The van der Waals surface area contributed by atoms with Gasteiger partial charge in [0.1, 0.15) is 18.7 Å². The molecular formula is C29H34N4O8. The Labute approximate surface area is 237 Å². The molecule has 2 unspecified atom stereocenters. The number of nitroso groups, excluding NO2 is 2. The van der Waals surface area contributed by atoms with Gasteiger partial charge in [-0.3, -0.25) is 9.59 Å². The van der Waals surface area contributed by atoms with Crippen molar-refractivity contribution in [3.05, 3.63) is 69.5 Å². The molecule has 1 aliphatic rings. The largest absolute Gasteiger partial charge is 0.464 e. The lowest BCUT2D eigenvalue weighted by Crippen LogP contribution is -2.52. The van der Waals surface area contributed by atoms with Crippen molar-refractivity contribution in [1.82, 2.24) is 10.6 Å². The number of ether oxygens (including phenoxy) is 2. The molecular weight excluding hydrogens is 532 g/mol. The first-order valence-electron chi connectivity index (χ1n) is 13.5. The van der Waals surface area contributed by atoms with Crippen molar-refractivity contribution in [2.24, 2.45) is 16.3 Å². The van der Waals surface area contributed by atoms with E-state index in [1.807, 2.05) is 62.4 Å². The van der Waals surface area contributed by atoms with Crippen molar-refractivity contribution in [1.29, 1.82) is 0 Å². The normalized spacial score (nSPS) is 13.5. The fourth-order valence-corrected chi connectivity index (χ4v) is 4.80. The molecule has 0 aromatic heterocycles. The van der Waals surface area contributed by atoms with Gasteiger partial charge in [-0.1, -0.05) is 62.4 Å². The average molecular weight is 567 g/mol. The van der Waals surface area contributed by atoms with E-state index in [4.69, 9.17) is 9.47 Å². The van der Waals surface area contributed by atoms with E-state index in [0.717, 1.165) is 22.3 Å². The molecule has 0 spiro atoms. The maximum Gasteiger partial charge on any atom is 0.407 e. The van der Waals surface area contributed by atoms with Crippen LogP contribution in [0.4, 0.5) is 4.79 Å². The number of esters is 1. The van der Waals surface area contributed by atoms with Gasteiger partial charge in [0.2, 0.25) is 5.91 Å². The number of amides is 2. The maximum absolute atomic E-state index is 13.2. The summed E-state index contributed by atoms with van der Waals surface area (Å²) in [6.07, 6.45) is -3.19. The lowest BCUT2D eigenvalue weighted by molar-refractivity contribution is -0.148. The van der Waals surface area contributed by atoms with Gasteiger partial charge >= 0.3 is 12.1 Å². The van der Waals surface area contributed by atoms with Crippen LogP contribution in [0.15, 0.2) is 58.9 Å². The van der Waals surface area contributed by atoms with Crippen LogP contribution in [-0.2, 0) is 23.9 Å². The third-order valence-electron chi connectivity index (χ3n) is 6.71. The van der Waals surface area contributed by atoms with E-state index >= 15 is 0 Å². The molecule has 1 aliphatic carbocycles. The molecule has 2 atom stereocenters. The predicted molar refractivity (Wildman–Crippen MR) is 150 cm³/mol. The number of carbonyl (C=O) groups is 4. The zero-order valence-corrected chi connectivity index (χ0v) is 23.2. The smallest absolute Gasteiger partial charge is 0.407 e. The molecule has 218 valence electrons. The van der Waals surface area contributed by atoms with E-state index in [2.05, 4.69) is 21.0 Å². The van der Waals surface area contributed by atoms with Gasteiger partial charge in [-0.2, -0.15) is 0 Å². The summed E-state index contributed by atoms with van der Waals surface area (Å²) in [7, 11) is 0. The summed E-state index contributed by atoms with van der Waals surface area (Å²) in [5, 5.41) is 9.80. The number of hydrogen-bond donors (Lipinski definition) is 2. The van der Waals surface area contributed by atoms with E-state index in [1.54, 1.807) is 6.92 Å². The van der Waals surface area contributed by atoms with Gasteiger partial charge in [-0.15, -0.1) is 9.81 Å². The fraction of sp³-hybridized carbons (Fsp3) is 0.448. The molecule has 2 aromatic carbocycles. The van der Waals surface area contributed by atoms with Crippen molar-refractivity contribution in [2.75, 3.05) is 13.2 Å². The summed E-state index contributed by atoms with van der Waals surface area (Å²) < 4.78 is 10.6. The van der Waals surface area contributed by atoms with Crippen LogP contribution in [0, 0.1) is 15.7 Å². The molecule has 3 rings (SSSR count). The van der Waals surface area contributed by atoms with Gasteiger partial charge in [0.05, 0.1) is 6.61 Å². The molecule has 0 radical (unpaired) electrons. The van der Waals surface area contributed by atoms with Crippen molar-refractivity contribution < 1.29 is 28.7 Å². The van der Waals surface area contributed by atoms with E-state index < -0.39 is 48.4 Å². The molecule has 2 N–H and O–H groups in total.